The molecule has 2 aromatic carbocycles. The maximum absolute atomic E-state index is 13.0. The Balaban J connectivity index is 1.27. The first-order valence-electron chi connectivity index (χ1n) is 10.8. The molecule has 8 heteroatoms. The predicted molar refractivity (Wildman–Crippen MR) is 125 cm³/mol. The lowest BCUT2D eigenvalue weighted by Gasteiger charge is -2.26. The van der Waals surface area contributed by atoms with Crippen molar-refractivity contribution in [1.29, 1.82) is 0 Å². The van der Waals surface area contributed by atoms with Gasteiger partial charge >= 0.3 is 0 Å². The summed E-state index contributed by atoms with van der Waals surface area (Å²) in [6.45, 7) is 1.86. The van der Waals surface area contributed by atoms with Crippen LogP contribution in [0.5, 0.6) is 11.5 Å². The molecule has 0 spiro atoms. The lowest BCUT2D eigenvalue weighted by Crippen LogP contribution is -2.39. The third-order valence-corrected chi connectivity index (χ3v) is 7.54. The first kappa shape index (κ1) is 21.1. The minimum atomic E-state index is -0.323. The molecule has 1 aromatic heterocycles. The van der Waals surface area contributed by atoms with Gasteiger partial charge in [0.15, 0.2) is 11.5 Å². The van der Waals surface area contributed by atoms with Crippen molar-refractivity contribution in [3.63, 3.8) is 0 Å². The van der Waals surface area contributed by atoms with Crippen molar-refractivity contribution in [2.45, 2.75) is 25.3 Å². The van der Waals surface area contributed by atoms with Crippen LogP contribution in [0, 0.1) is 0 Å². The highest BCUT2D eigenvalue weighted by Crippen LogP contribution is 2.38. The lowest BCUT2D eigenvalue weighted by atomic mass is 10.0. The zero-order valence-corrected chi connectivity index (χ0v) is 19.0. The minimum absolute atomic E-state index is 0.0375. The largest absolute Gasteiger partial charge is 0.490 e. The van der Waals surface area contributed by atoms with Crippen LogP contribution in [-0.4, -0.2) is 43.0 Å². The van der Waals surface area contributed by atoms with E-state index >= 15 is 0 Å². The lowest BCUT2D eigenvalue weighted by molar-refractivity contribution is -0.131. The number of likely N-dealkylation sites (tertiary alicyclic amines) is 1. The van der Waals surface area contributed by atoms with Gasteiger partial charge in [0.05, 0.1) is 30.8 Å². The number of hydrogen-bond acceptors (Lipinski definition) is 5. The molecule has 1 atom stereocenters. The van der Waals surface area contributed by atoms with Crippen LogP contribution >= 0.6 is 22.9 Å². The van der Waals surface area contributed by atoms with Crippen LogP contribution in [0.3, 0.4) is 0 Å². The van der Waals surface area contributed by atoms with Gasteiger partial charge in [0.2, 0.25) is 5.91 Å². The van der Waals surface area contributed by atoms with Crippen molar-refractivity contribution in [1.82, 2.24) is 10.2 Å². The summed E-state index contributed by atoms with van der Waals surface area (Å²) in [5.74, 6) is 1.04. The fraction of sp³-hybridized carbons (Fsp3) is 0.333. The van der Waals surface area contributed by atoms with Crippen molar-refractivity contribution in [3.05, 3.63) is 57.9 Å². The van der Waals surface area contributed by atoms with Crippen LogP contribution in [0.15, 0.2) is 42.5 Å². The Kier molecular flexibility index (Phi) is 5.93. The fourth-order valence-electron chi connectivity index (χ4n) is 4.30. The highest BCUT2D eigenvalue weighted by molar-refractivity contribution is 7.21. The first-order chi connectivity index (χ1) is 15.6. The average molecular weight is 471 g/mol. The van der Waals surface area contributed by atoms with Gasteiger partial charge in [-0.1, -0.05) is 35.9 Å². The molecule has 3 heterocycles. The molecule has 2 aliphatic heterocycles. The second-order valence-corrected chi connectivity index (χ2v) is 9.36. The Hall–Kier alpha value is -2.77. The number of fused-ring (bicyclic) bond motifs is 2. The van der Waals surface area contributed by atoms with Crippen LogP contribution in [-0.2, 0) is 4.79 Å². The Morgan fingerprint density at radius 1 is 1.09 bits per heavy atom. The number of carbonyl (C=O) groups excluding carboxylic acids is 2. The maximum atomic E-state index is 13.0. The highest BCUT2D eigenvalue weighted by atomic mass is 35.5. The normalized spacial score (nSPS) is 17.9. The number of rotatable bonds is 4. The molecule has 166 valence electrons. The van der Waals surface area contributed by atoms with Crippen LogP contribution in [0.2, 0.25) is 5.02 Å². The van der Waals surface area contributed by atoms with Crippen molar-refractivity contribution in [2.75, 3.05) is 26.3 Å². The molecule has 32 heavy (non-hydrogen) atoms. The second-order valence-electron chi connectivity index (χ2n) is 7.93. The number of ether oxygens (including phenoxy) is 2. The van der Waals surface area contributed by atoms with Gasteiger partial charge < -0.3 is 19.7 Å². The van der Waals surface area contributed by atoms with Gasteiger partial charge in [0, 0.05) is 23.1 Å². The van der Waals surface area contributed by atoms with Gasteiger partial charge in [-0.25, -0.2) is 0 Å². The molecule has 1 N–H and O–H groups in total. The number of nitrogens with one attached hydrogen (secondary N) is 1. The van der Waals surface area contributed by atoms with Crippen LogP contribution < -0.4 is 14.8 Å². The molecule has 1 saturated heterocycles. The third-order valence-electron chi connectivity index (χ3n) is 5.87. The molecule has 2 aliphatic rings. The Labute approximate surface area is 195 Å². The summed E-state index contributed by atoms with van der Waals surface area (Å²) in [5, 5.41) is 4.04. The van der Waals surface area contributed by atoms with E-state index in [1.807, 2.05) is 47.4 Å². The van der Waals surface area contributed by atoms with Gasteiger partial charge in [-0.2, -0.15) is 0 Å². The predicted octanol–water partition coefficient (Wildman–Crippen LogP) is 4.81. The Morgan fingerprint density at radius 3 is 2.75 bits per heavy atom. The number of amides is 2. The second kappa shape index (κ2) is 9.00. The molecule has 1 fully saturated rings. The summed E-state index contributed by atoms with van der Waals surface area (Å²) in [6, 6.07) is 13.5. The number of benzene rings is 2. The number of nitrogens with zero attached hydrogens (tertiary/aromatic N) is 1. The summed E-state index contributed by atoms with van der Waals surface area (Å²) in [5.41, 5.74) is 1.03. The maximum Gasteiger partial charge on any atom is 0.263 e. The SMILES string of the molecule is O=C(NCC(=O)N1CCC[C@H]1c1ccc2c(c1)OCCCO2)c1sc2ccccc2c1Cl. The molecular formula is C24H23ClN2O4S. The number of hydrogen-bond donors (Lipinski definition) is 1. The zero-order valence-electron chi connectivity index (χ0n) is 17.4. The fourth-order valence-corrected chi connectivity index (χ4v) is 5.73. The van der Waals surface area contributed by atoms with Gasteiger partial charge in [-0.3, -0.25) is 9.59 Å². The van der Waals surface area contributed by atoms with E-state index in [-0.39, 0.29) is 24.4 Å². The van der Waals surface area contributed by atoms with Crippen LogP contribution in [0.25, 0.3) is 10.1 Å². The van der Waals surface area contributed by atoms with Crippen molar-refractivity contribution in [3.8, 4) is 11.5 Å². The Morgan fingerprint density at radius 2 is 1.91 bits per heavy atom. The molecule has 0 aliphatic carbocycles. The van der Waals surface area contributed by atoms with Gasteiger partial charge in [0.1, 0.15) is 4.88 Å². The average Bonchev–Trinajstić information content (AvgIpc) is 3.35. The topological polar surface area (TPSA) is 67.9 Å². The monoisotopic (exact) mass is 470 g/mol. The molecule has 0 radical (unpaired) electrons. The van der Waals surface area contributed by atoms with Gasteiger partial charge in [0.25, 0.3) is 5.91 Å². The summed E-state index contributed by atoms with van der Waals surface area (Å²) < 4.78 is 12.5. The van der Waals surface area contributed by atoms with Crippen molar-refractivity contribution in [2.24, 2.45) is 0 Å². The molecule has 2 amide bonds. The number of thiophene rings is 1. The molecule has 3 aromatic rings. The summed E-state index contributed by atoms with van der Waals surface area (Å²) in [6.07, 6.45) is 2.64. The van der Waals surface area contributed by atoms with Crippen LogP contribution in [0.4, 0.5) is 0 Å². The van der Waals surface area contributed by atoms with Crippen LogP contribution in [0.1, 0.15) is 40.5 Å². The van der Waals surface area contributed by atoms with E-state index in [4.69, 9.17) is 21.1 Å². The van der Waals surface area contributed by atoms with E-state index < -0.39 is 0 Å². The van der Waals surface area contributed by atoms with E-state index in [1.165, 1.54) is 11.3 Å². The van der Waals surface area contributed by atoms with E-state index in [9.17, 15) is 9.59 Å². The molecule has 6 nitrogen and oxygen atoms in total. The summed E-state index contributed by atoms with van der Waals surface area (Å²) in [4.78, 5) is 28.0. The molecule has 0 saturated carbocycles. The molecule has 5 rings (SSSR count). The van der Waals surface area contributed by atoms with E-state index in [2.05, 4.69) is 5.32 Å². The van der Waals surface area contributed by atoms with E-state index in [0.717, 1.165) is 46.4 Å². The van der Waals surface area contributed by atoms with Crippen molar-refractivity contribution >= 4 is 44.8 Å². The zero-order chi connectivity index (χ0) is 22.1. The minimum Gasteiger partial charge on any atom is -0.490 e. The van der Waals surface area contributed by atoms with E-state index in [0.29, 0.717) is 29.7 Å². The molecule has 0 bridgehead atoms. The highest BCUT2D eigenvalue weighted by Gasteiger charge is 2.31. The van der Waals surface area contributed by atoms with Gasteiger partial charge in [-0.15, -0.1) is 11.3 Å². The summed E-state index contributed by atoms with van der Waals surface area (Å²) >= 11 is 7.73. The Bertz CT molecular complexity index is 1180. The van der Waals surface area contributed by atoms with Crippen molar-refractivity contribution < 1.29 is 19.1 Å². The number of carbonyl (C=O) groups is 2. The standard InChI is InChI=1S/C24H23ClN2O4S/c25-22-16-5-1-2-7-20(16)32-23(22)24(29)26-14-21(28)27-10-3-6-17(27)15-8-9-18-19(13-15)31-12-4-11-30-18/h1-2,5,7-9,13,17H,3-4,6,10-12,14H2,(H,26,29)/t17-/m0/s1. The smallest absolute Gasteiger partial charge is 0.263 e. The first-order valence-corrected chi connectivity index (χ1v) is 12.0. The summed E-state index contributed by atoms with van der Waals surface area (Å²) in [7, 11) is 0. The molecule has 0 unspecified atom stereocenters. The number of halogens is 1. The third kappa shape index (κ3) is 4.02. The van der Waals surface area contributed by atoms with Gasteiger partial charge in [-0.05, 0) is 36.6 Å². The molecular weight excluding hydrogens is 448 g/mol. The quantitative estimate of drug-likeness (QED) is 0.594. The van der Waals surface area contributed by atoms with E-state index in [1.54, 1.807) is 0 Å².